The van der Waals surface area contributed by atoms with E-state index in [0.29, 0.717) is 31.0 Å². The maximum absolute atomic E-state index is 13.6. The topological polar surface area (TPSA) is 45.7 Å². The second-order valence-corrected chi connectivity index (χ2v) is 5.05. The molecule has 0 aliphatic heterocycles. The molecular weight excluding hydrogens is 293 g/mol. The molecule has 0 saturated carbocycles. The van der Waals surface area contributed by atoms with Gasteiger partial charge in [-0.3, -0.25) is 4.99 Å². The molecule has 2 N–H and O–H groups in total. The summed E-state index contributed by atoms with van der Waals surface area (Å²) in [4.78, 5) is 4.17. The average molecular weight is 315 g/mol. The number of ether oxygens (including phenoxy) is 1. The molecule has 0 aromatic heterocycles. The largest absolute Gasteiger partial charge is 0.497 e. The number of methoxy groups -OCH3 is 1. The summed E-state index contributed by atoms with van der Waals surface area (Å²) in [5.74, 6) is 1.34. The molecular formula is C18H22FN3O. The SMILES string of the molecule is CN=C(NCCc1ccccc1F)NCc1cccc(OC)c1. The lowest BCUT2D eigenvalue weighted by molar-refractivity contribution is 0.414. The molecule has 0 saturated heterocycles. The molecule has 0 amide bonds. The Kier molecular flexibility index (Phi) is 6.41. The molecule has 0 aliphatic carbocycles. The van der Waals surface area contributed by atoms with E-state index in [1.54, 1.807) is 26.3 Å². The first kappa shape index (κ1) is 16.8. The molecule has 0 bridgehead atoms. The van der Waals surface area contributed by atoms with Crippen molar-refractivity contribution in [2.45, 2.75) is 13.0 Å². The number of hydrogen-bond acceptors (Lipinski definition) is 2. The highest BCUT2D eigenvalue weighted by molar-refractivity contribution is 5.79. The monoisotopic (exact) mass is 315 g/mol. The fourth-order valence-electron chi connectivity index (χ4n) is 2.21. The first-order valence-electron chi connectivity index (χ1n) is 7.54. The minimum Gasteiger partial charge on any atom is -0.497 e. The molecule has 0 spiro atoms. The van der Waals surface area contributed by atoms with E-state index in [1.165, 1.54) is 6.07 Å². The van der Waals surface area contributed by atoms with Gasteiger partial charge < -0.3 is 15.4 Å². The van der Waals surface area contributed by atoms with Gasteiger partial charge in [0.2, 0.25) is 0 Å². The summed E-state index contributed by atoms with van der Waals surface area (Å²) in [6.45, 7) is 1.25. The third-order valence-corrected chi connectivity index (χ3v) is 3.46. The van der Waals surface area contributed by atoms with Crippen LogP contribution < -0.4 is 15.4 Å². The molecule has 2 rings (SSSR count). The number of aliphatic imine (C=N–C) groups is 1. The number of benzene rings is 2. The van der Waals surface area contributed by atoms with Gasteiger partial charge in [-0.05, 0) is 35.7 Å². The molecule has 0 fully saturated rings. The third kappa shape index (κ3) is 5.29. The van der Waals surface area contributed by atoms with Crippen LogP contribution in [0.15, 0.2) is 53.5 Å². The van der Waals surface area contributed by atoms with Crippen molar-refractivity contribution in [3.8, 4) is 5.75 Å². The van der Waals surface area contributed by atoms with Crippen LogP contribution in [0.3, 0.4) is 0 Å². The van der Waals surface area contributed by atoms with Crippen LogP contribution in [0.2, 0.25) is 0 Å². The van der Waals surface area contributed by atoms with Crippen molar-refractivity contribution < 1.29 is 9.13 Å². The lowest BCUT2D eigenvalue weighted by atomic mass is 10.1. The van der Waals surface area contributed by atoms with Gasteiger partial charge in [-0.2, -0.15) is 0 Å². The van der Waals surface area contributed by atoms with E-state index >= 15 is 0 Å². The molecule has 4 nitrogen and oxygen atoms in total. The van der Waals surface area contributed by atoms with Crippen LogP contribution in [0.1, 0.15) is 11.1 Å². The highest BCUT2D eigenvalue weighted by Crippen LogP contribution is 2.12. The number of guanidine groups is 1. The fourth-order valence-corrected chi connectivity index (χ4v) is 2.21. The molecule has 122 valence electrons. The van der Waals surface area contributed by atoms with Crippen LogP contribution in [-0.4, -0.2) is 26.7 Å². The normalized spacial score (nSPS) is 11.2. The highest BCUT2D eigenvalue weighted by atomic mass is 19.1. The molecule has 5 heteroatoms. The predicted octanol–water partition coefficient (Wildman–Crippen LogP) is 2.74. The second kappa shape index (κ2) is 8.78. The first-order valence-corrected chi connectivity index (χ1v) is 7.54. The van der Waals surface area contributed by atoms with Gasteiger partial charge in [0, 0.05) is 20.1 Å². The zero-order chi connectivity index (χ0) is 16.5. The Morgan fingerprint density at radius 2 is 1.96 bits per heavy atom. The lowest BCUT2D eigenvalue weighted by Gasteiger charge is -2.12. The number of rotatable bonds is 6. The molecule has 0 heterocycles. The van der Waals surface area contributed by atoms with Crippen LogP contribution in [-0.2, 0) is 13.0 Å². The molecule has 2 aromatic carbocycles. The van der Waals surface area contributed by atoms with E-state index in [2.05, 4.69) is 15.6 Å². The maximum Gasteiger partial charge on any atom is 0.191 e. The predicted molar refractivity (Wildman–Crippen MR) is 91.3 cm³/mol. The van der Waals surface area contributed by atoms with Gasteiger partial charge in [0.15, 0.2) is 5.96 Å². The minimum atomic E-state index is -0.173. The van der Waals surface area contributed by atoms with Gasteiger partial charge in [0.25, 0.3) is 0 Å². The van der Waals surface area contributed by atoms with E-state index in [4.69, 9.17) is 4.74 Å². The van der Waals surface area contributed by atoms with E-state index in [9.17, 15) is 4.39 Å². The summed E-state index contributed by atoms with van der Waals surface area (Å²) in [6.07, 6.45) is 0.604. The quantitative estimate of drug-likeness (QED) is 0.636. The summed E-state index contributed by atoms with van der Waals surface area (Å²) in [6, 6.07) is 14.7. The van der Waals surface area contributed by atoms with Gasteiger partial charge in [-0.25, -0.2) is 4.39 Å². The van der Waals surface area contributed by atoms with E-state index in [1.807, 2.05) is 30.3 Å². The fraction of sp³-hybridized carbons (Fsp3) is 0.278. The van der Waals surface area contributed by atoms with Crippen molar-refractivity contribution in [2.24, 2.45) is 4.99 Å². The summed E-state index contributed by atoms with van der Waals surface area (Å²) in [5, 5.41) is 6.41. The summed E-state index contributed by atoms with van der Waals surface area (Å²) < 4.78 is 18.8. The molecule has 23 heavy (non-hydrogen) atoms. The highest BCUT2D eigenvalue weighted by Gasteiger charge is 2.02. The number of nitrogens with one attached hydrogen (secondary N) is 2. The van der Waals surface area contributed by atoms with Gasteiger partial charge in [-0.15, -0.1) is 0 Å². The van der Waals surface area contributed by atoms with Crippen LogP contribution in [0, 0.1) is 5.82 Å². The summed E-state index contributed by atoms with van der Waals surface area (Å²) >= 11 is 0. The van der Waals surface area contributed by atoms with Crippen LogP contribution in [0.25, 0.3) is 0 Å². The Morgan fingerprint density at radius 1 is 1.13 bits per heavy atom. The Balaban J connectivity index is 1.80. The Bertz CT molecular complexity index is 658. The van der Waals surface area contributed by atoms with E-state index in [0.717, 1.165) is 11.3 Å². The van der Waals surface area contributed by atoms with Crippen molar-refractivity contribution in [1.82, 2.24) is 10.6 Å². The molecule has 2 aromatic rings. The third-order valence-electron chi connectivity index (χ3n) is 3.46. The summed E-state index contributed by atoms with van der Waals surface area (Å²) in [7, 11) is 3.36. The molecule has 0 unspecified atom stereocenters. The van der Waals surface area contributed by atoms with Crippen molar-refractivity contribution in [3.63, 3.8) is 0 Å². The van der Waals surface area contributed by atoms with Crippen LogP contribution in [0.5, 0.6) is 5.75 Å². The number of halogens is 1. The van der Waals surface area contributed by atoms with Crippen molar-refractivity contribution in [1.29, 1.82) is 0 Å². The Hall–Kier alpha value is -2.56. The zero-order valence-corrected chi connectivity index (χ0v) is 13.5. The van der Waals surface area contributed by atoms with Gasteiger partial charge >= 0.3 is 0 Å². The van der Waals surface area contributed by atoms with E-state index < -0.39 is 0 Å². The first-order chi connectivity index (χ1) is 11.2. The Labute approximate surface area is 136 Å². The van der Waals surface area contributed by atoms with Crippen molar-refractivity contribution >= 4 is 5.96 Å². The number of hydrogen-bond donors (Lipinski definition) is 2. The lowest BCUT2D eigenvalue weighted by Crippen LogP contribution is -2.37. The van der Waals surface area contributed by atoms with Crippen LogP contribution in [0.4, 0.5) is 4.39 Å². The smallest absolute Gasteiger partial charge is 0.191 e. The van der Waals surface area contributed by atoms with Crippen molar-refractivity contribution in [2.75, 3.05) is 20.7 Å². The van der Waals surface area contributed by atoms with Crippen LogP contribution >= 0.6 is 0 Å². The molecule has 0 aliphatic rings. The van der Waals surface area contributed by atoms with E-state index in [-0.39, 0.29) is 5.82 Å². The van der Waals surface area contributed by atoms with Gasteiger partial charge in [0.1, 0.15) is 11.6 Å². The number of nitrogens with zero attached hydrogens (tertiary/aromatic N) is 1. The Morgan fingerprint density at radius 3 is 2.70 bits per heavy atom. The maximum atomic E-state index is 13.6. The summed E-state index contributed by atoms with van der Waals surface area (Å²) in [5.41, 5.74) is 1.80. The molecule has 0 atom stereocenters. The molecule has 0 radical (unpaired) electrons. The van der Waals surface area contributed by atoms with Gasteiger partial charge in [-0.1, -0.05) is 30.3 Å². The second-order valence-electron chi connectivity index (χ2n) is 5.05. The average Bonchev–Trinajstić information content (AvgIpc) is 2.59. The van der Waals surface area contributed by atoms with Gasteiger partial charge in [0.05, 0.1) is 7.11 Å². The van der Waals surface area contributed by atoms with Crippen molar-refractivity contribution in [3.05, 3.63) is 65.5 Å². The minimum absolute atomic E-state index is 0.173. The standard InChI is InChI=1S/C18H22FN3O/c1-20-18(21-11-10-15-7-3-4-9-17(15)19)22-13-14-6-5-8-16(12-14)23-2/h3-9,12H,10-11,13H2,1-2H3,(H2,20,21,22). The zero-order valence-electron chi connectivity index (χ0n) is 13.5.